The van der Waals surface area contributed by atoms with Crippen molar-refractivity contribution in [2.75, 3.05) is 0 Å². The van der Waals surface area contributed by atoms with E-state index >= 15 is 0 Å². The van der Waals surface area contributed by atoms with Crippen molar-refractivity contribution in [3.8, 4) is 0 Å². The van der Waals surface area contributed by atoms with Gasteiger partial charge in [0.1, 0.15) is 11.0 Å². The summed E-state index contributed by atoms with van der Waals surface area (Å²) in [6.45, 7) is 5.91. The monoisotopic (exact) mass is 160 g/mol. The van der Waals surface area contributed by atoms with Gasteiger partial charge >= 0.3 is 0 Å². The molecule has 2 nitrogen and oxygen atoms in total. The topological polar surface area (TPSA) is 17.8 Å². The van der Waals surface area contributed by atoms with Crippen molar-refractivity contribution in [3.63, 3.8) is 0 Å². The van der Waals surface area contributed by atoms with Gasteiger partial charge in [0.25, 0.3) is 0 Å². The van der Waals surface area contributed by atoms with E-state index in [1.54, 1.807) is 6.20 Å². The molecule has 1 aromatic rings. The molecule has 58 valence electrons. The molecule has 0 radical (unpaired) electrons. The van der Waals surface area contributed by atoms with Crippen LogP contribution in [0.3, 0.4) is 0 Å². The highest BCUT2D eigenvalue weighted by Gasteiger charge is 1.95. The quantitative estimate of drug-likeness (QED) is 0.570. The Labute approximate surface area is 66.8 Å². The van der Waals surface area contributed by atoms with Gasteiger partial charge in [0.05, 0.1) is 6.20 Å². The van der Waals surface area contributed by atoms with Crippen LogP contribution in [-0.4, -0.2) is 9.55 Å². The van der Waals surface area contributed by atoms with Crippen LogP contribution in [0.4, 0.5) is 0 Å². The number of halogens is 1. The summed E-state index contributed by atoms with van der Waals surface area (Å²) in [5.41, 5.74) is 0. The average molecular weight is 161 g/mol. The zero-order valence-corrected chi connectivity index (χ0v) is 7.61. The first-order valence-electron chi connectivity index (χ1n) is 3.35. The predicted octanol–water partition coefficient (Wildman–Crippen LogP) is 2.41. The number of aromatic nitrogens is 2. The molecule has 0 fully saturated rings. The van der Waals surface area contributed by atoms with Crippen molar-refractivity contribution >= 4 is 11.6 Å². The first kappa shape index (κ1) is 9.50. The van der Waals surface area contributed by atoms with E-state index in [0.29, 0.717) is 5.15 Å². The van der Waals surface area contributed by atoms with Gasteiger partial charge in [-0.3, -0.25) is 0 Å². The minimum Gasteiger partial charge on any atom is -0.322 e. The zero-order chi connectivity index (χ0) is 8.15. The molecule has 0 spiro atoms. The molecule has 10 heavy (non-hydrogen) atoms. The minimum absolute atomic E-state index is 0.683. The second-order valence-corrected chi connectivity index (χ2v) is 2.07. The van der Waals surface area contributed by atoms with Gasteiger partial charge in [0, 0.05) is 7.05 Å². The molecule has 0 unspecified atom stereocenters. The first-order valence-corrected chi connectivity index (χ1v) is 3.73. The van der Waals surface area contributed by atoms with Crippen molar-refractivity contribution in [3.05, 3.63) is 17.2 Å². The summed E-state index contributed by atoms with van der Waals surface area (Å²) in [5.74, 6) is 0.940. The van der Waals surface area contributed by atoms with Gasteiger partial charge in [0.15, 0.2) is 0 Å². The maximum atomic E-state index is 5.63. The van der Waals surface area contributed by atoms with E-state index in [1.807, 2.05) is 32.4 Å². The number of nitrogens with zero attached hydrogens (tertiary/aromatic N) is 2. The van der Waals surface area contributed by atoms with Crippen LogP contribution in [0.5, 0.6) is 0 Å². The first-order chi connectivity index (χ1) is 4.72. The number of rotatable bonds is 0. The van der Waals surface area contributed by atoms with Crippen molar-refractivity contribution in [2.24, 2.45) is 7.05 Å². The molecule has 3 heteroatoms. The molecule has 0 amide bonds. The van der Waals surface area contributed by atoms with Gasteiger partial charge in [0.2, 0.25) is 0 Å². The van der Waals surface area contributed by atoms with E-state index in [0.717, 1.165) is 5.82 Å². The smallest absolute Gasteiger partial charge is 0.128 e. The maximum Gasteiger partial charge on any atom is 0.128 e. The van der Waals surface area contributed by atoms with Gasteiger partial charge < -0.3 is 4.57 Å². The molecule has 0 aliphatic carbocycles. The number of hydrogen-bond donors (Lipinski definition) is 0. The van der Waals surface area contributed by atoms with Gasteiger partial charge in [-0.05, 0) is 6.92 Å². The molecule has 0 N–H and O–H groups in total. The Morgan fingerprint density at radius 2 is 2.00 bits per heavy atom. The fourth-order valence-electron chi connectivity index (χ4n) is 0.474. The van der Waals surface area contributed by atoms with Crippen molar-refractivity contribution < 1.29 is 0 Å². The molecule has 0 bridgehead atoms. The SMILES string of the molecule is CC.Cc1ncc(Cl)n1C. The van der Waals surface area contributed by atoms with Crippen LogP contribution in [0.15, 0.2) is 6.20 Å². The molecule has 0 aliphatic rings. The van der Waals surface area contributed by atoms with Crippen LogP contribution >= 0.6 is 11.6 Å². The summed E-state index contributed by atoms with van der Waals surface area (Å²) in [4.78, 5) is 3.95. The molecule has 1 rings (SSSR count). The van der Waals surface area contributed by atoms with E-state index in [2.05, 4.69) is 4.98 Å². The molecular formula is C7H13ClN2. The van der Waals surface area contributed by atoms with E-state index in [-0.39, 0.29) is 0 Å². The molecule has 0 aliphatic heterocycles. The Bertz CT molecular complexity index is 174. The summed E-state index contributed by atoms with van der Waals surface area (Å²) >= 11 is 5.63. The fraction of sp³-hybridized carbons (Fsp3) is 0.571. The Kier molecular flexibility index (Phi) is 4.12. The average Bonchev–Trinajstić information content (AvgIpc) is 2.25. The molecule has 1 heterocycles. The Morgan fingerprint density at radius 3 is 2.10 bits per heavy atom. The van der Waals surface area contributed by atoms with Gasteiger partial charge in [-0.15, -0.1) is 0 Å². The molecule has 0 saturated heterocycles. The number of hydrogen-bond acceptors (Lipinski definition) is 1. The summed E-state index contributed by atoms with van der Waals surface area (Å²) in [6.07, 6.45) is 1.64. The Morgan fingerprint density at radius 1 is 1.50 bits per heavy atom. The second-order valence-electron chi connectivity index (χ2n) is 1.69. The fourth-order valence-corrected chi connectivity index (χ4v) is 0.646. The van der Waals surface area contributed by atoms with Crippen LogP contribution in [0, 0.1) is 6.92 Å². The third-order valence-electron chi connectivity index (χ3n) is 1.16. The maximum absolute atomic E-state index is 5.63. The van der Waals surface area contributed by atoms with Crippen molar-refractivity contribution in [1.82, 2.24) is 9.55 Å². The van der Waals surface area contributed by atoms with E-state index in [4.69, 9.17) is 11.6 Å². The standard InChI is InChI=1S/C5H7ClN2.C2H6/c1-4-7-3-5(6)8(4)2;1-2/h3H,1-2H3;1-2H3. The highest BCUT2D eigenvalue weighted by Crippen LogP contribution is 2.06. The van der Waals surface area contributed by atoms with Crippen LogP contribution in [0.2, 0.25) is 5.15 Å². The molecular weight excluding hydrogens is 148 g/mol. The highest BCUT2D eigenvalue weighted by molar-refractivity contribution is 6.29. The number of imidazole rings is 1. The normalized spacial score (nSPS) is 8.50. The summed E-state index contributed by atoms with van der Waals surface area (Å²) < 4.78 is 1.82. The lowest BCUT2D eigenvalue weighted by atomic mass is 10.7. The lowest BCUT2D eigenvalue weighted by Crippen LogP contribution is -1.89. The third-order valence-corrected chi connectivity index (χ3v) is 1.51. The minimum atomic E-state index is 0.683. The van der Waals surface area contributed by atoms with E-state index in [9.17, 15) is 0 Å². The molecule has 0 saturated carbocycles. The summed E-state index contributed by atoms with van der Waals surface area (Å²) in [6, 6.07) is 0. The van der Waals surface area contributed by atoms with Gasteiger partial charge in [-0.1, -0.05) is 25.4 Å². The van der Waals surface area contributed by atoms with Crippen molar-refractivity contribution in [2.45, 2.75) is 20.8 Å². The Balaban J connectivity index is 0.000000371. The van der Waals surface area contributed by atoms with E-state index < -0.39 is 0 Å². The third kappa shape index (κ3) is 2.03. The van der Waals surface area contributed by atoms with E-state index in [1.165, 1.54) is 0 Å². The summed E-state index contributed by atoms with van der Waals surface area (Å²) in [5, 5.41) is 0.683. The largest absolute Gasteiger partial charge is 0.322 e. The lowest BCUT2D eigenvalue weighted by molar-refractivity contribution is 0.859. The molecule has 0 atom stereocenters. The molecule has 1 aromatic heterocycles. The van der Waals surface area contributed by atoms with Crippen LogP contribution in [-0.2, 0) is 7.05 Å². The predicted molar refractivity (Wildman–Crippen MR) is 44.3 cm³/mol. The van der Waals surface area contributed by atoms with Crippen LogP contribution in [0.1, 0.15) is 19.7 Å². The molecule has 0 aromatic carbocycles. The second kappa shape index (κ2) is 4.34. The van der Waals surface area contributed by atoms with Crippen LogP contribution in [0.25, 0.3) is 0 Å². The lowest BCUT2D eigenvalue weighted by Gasteiger charge is -1.91. The van der Waals surface area contributed by atoms with Crippen molar-refractivity contribution in [1.29, 1.82) is 0 Å². The van der Waals surface area contributed by atoms with Gasteiger partial charge in [-0.2, -0.15) is 0 Å². The highest BCUT2D eigenvalue weighted by atomic mass is 35.5. The summed E-state index contributed by atoms with van der Waals surface area (Å²) in [7, 11) is 1.88. The van der Waals surface area contributed by atoms with Crippen LogP contribution < -0.4 is 0 Å². The zero-order valence-electron chi connectivity index (χ0n) is 6.85. The number of aryl methyl sites for hydroxylation is 1. The Hall–Kier alpha value is -0.500. The van der Waals surface area contributed by atoms with Gasteiger partial charge in [-0.25, -0.2) is 4.98 Å².